The second-order valence-electron chi connectivity index (χ2n) is 4.57. The Morgan fingerprint density at radius 1 is 1.45 bits per heavy atom. The lowest BCUT2D eigenvalue weighted by molar-refractivity contribution is -0.123. The highest BCUT2D eigenvalue weighted by Crippen LogP contribution is 2.26. The van der Waals surface area contributed by atoms with Gasteiger partial charge in [0, 0.05) is 18.3 Å². The van der Waals surface area contributed by atoms with E-state index in [0.717, 1.165) is 17.0 Å². The van der Waals surface area contributed by atoms with Crippen molar-refractivity contribution in [3.63, 3.8) is 0 Å². The van der Waals surface area contributed by atoms with Crippen LogP contribution in [0.25, 0.3) is 0 Å². The highest BCUT2D eigenvalue weighted by Gasteiger charge is 2.25. The molecule has 0 saturated heterocycles. The third kappa shape index (κ3) is 2.65. The number of imidazole rings is 1. The van der Waals surface area contributed by atoms with E-state index in [1.807, 2.05) is 24.3 Å². The second-order valence-corrected chi connectivity index (χ2v) is 4.57. The molecule has 0 aliphatic carbocycles. The summed E-state index contributed by atoms with van der Waals surface area (Å²) in [5.41, 5.74) is 1.74. The highest BCUT2D eigenvalue weighted by atomic mass is 16.5. The Morgan fingerprint density at radius 3 is 3.20 bits per heavy atom. The van der Waals surface area contributed by atoms with Crippen LogP contribution in [0.15, 0.2) is 36.8 Å². The normalized spacial score (nSPS) is 17.7. The zero-order chi connectivity index (χ0) is 13.8. The molecule has 104 valence electrons. The number of benzene rings is 1. The van der Waals surface area contributed by atoms with Crippen molar-refractivity contribution >= 4 is 5.91 Å². The molecule has 20 heavy (non-hydrogen) atoms. The van der Waals surface area contributed by atoms with Gasteiger partial charge in [-0.3, -0.25) is 10.1 Å². The molecule has 6 heteroatoms. The van der Waals surface area contributed by atoms with Gasteiger partial charge < -0.3 is 15.0 Å². The Morgan fingerprint density at radius 2 is 2.35 bits per heavy atom. The number of rotatable bonds is 3. The smallest absolute Gasteiger partial charge is 0.242 e. The van der Waals surface area contributed by atoms with Gasteiger partial charge in [0.15, 0.2) is 0 Å². The zero-order valence-electron chi connectivity index (χ0n) is 10.9. The summed E-state index contributed by atoms with van der Waals surface area (Å²) in [5.74, 6) is 0.691. The summed E-state index contributed by atoms with van der Waals surface area (Å²) in [5, 5.41) is 6.10. The van der Waals surface area contributed by atoms with Gasteiger partial charge in [0.05, 0.1) is 18.6 Å². The van der Waals surface area contributed by atoms with Gasteiger partial charge >= 0.3 is 0 Å². The molecule has 1 atom stereocenters. The molecule has 1 amide bonds. The van der Waals surface area contributed by atoms with Crippen LogP contribution in [-0.4, -0.2) is 29.0 Å². The number of nitrogens with one attached hydrogen (secondary N) is 3. The molecule has 1 unspecified atom stereocenters. The number of fused-ring (bicyclic) bond motifs is 1. The summed E-state index contributed by atoms with van der Waals surface area (Å²) in [6.45, 7) is 1.62. The van der Waals surface area contributed by atoms with Gasteiger partial charge in [-0.05, 0) is 6.07 Å². The topological polar surface area (TPSA) is 79.0 Å². The van der Waals surface area contributed by atoms with E-state index >= 15 is 0 Å². The number of amides is 1. The lowest BCUT2D eigenvalue weighted by Crippen LogP contribution is -2.37. The fourth-order valence-electron chi connectivity index (χ4n) is 2.22. The molecule has 1 aliphatic rings. The number of carbonyl (C=O) groups excluding carboxylic acids is 1. The van der Waals surface area contributed by atoms with Gasteiger partial charge in [-0.1, -0.05) is 18.2 Å². The molecule has 3 rings (SSSR count). The first-order valence-corrected chi connectivity index (χ1v) is 6.54. The standard InChI is InChI=1S/C14H16N4O2/c19-14(17-8-10-7-15-9-18-10)13-11-3-1-2-4-12(11)20-6-5-16-13/h1-4,7,9,13,16H,5-6,8H2,(H,15,18)(H,17,19). The Bertz CT molecular complexity index is 583. The molecule has 1 aromatic carbocycles. The number of nitrogens with zero attached hydrogens (tertiary/aromatic N) is 1. The van der Waals surface area contributed by atoms with Crippen molar-refractivity contribution in [2.24, 2.45) is 0 Å². The number of carbonyl (C=O) groups is 1. The molecule has 2 heterocycles. The molecular weight excluding hydrogens is 256 g/mol. The summed E-state index contributed by atoms with van der Waals surface area (Å²) in [7, 11) is 0. The van der Waals surface area contributed by atoms with Crippen LogP contribution < -0.4 is 15.4 Å². The summed E-state index contributed by atoms with van der Waals surface area (Å²) < 4.78 is 5.62. The molecule has 2 aromatic rings. The van der Waals surface area contributed by atoms with Crippen LogP contribution >= 0.6 is 0 Å². The Balaban J connectivity index is 1.73. The van der Waals surface area contributed by atoms with Crippen molar-refractivity contribution in [2.75, 3.05) is 13.2 Å². The number of ether oxygens (including phenoxy) is 1. The molecule has 0 bridgehead atoms. The first-order chi connectivity index (χ1) is 9.84. The summed E-state index contributed by atoms with van der Waals surface area (Å²) in [4.78, 5) is 19.2. The molecule has 0 fully saturated rings. The fourth-order valence-corrected chi connectivity index (χ4v) is 2.22. The molecule has 0 radical (unpaired) electrons. The summed E-state index contributed by atoms with van der Waals surface area (Å²) >= 11 is 0. The van der Waals surface area contributed by atoms with Crippen molar-refractivity contribution in [2.45, 2.75) is 12.6 Å². The third-order valence-electron chi connectivity index (χ3n) is 3.21. The van der Waals surface area contributed by atoms with Gasteiger partial charge in [0.1, 0.15) is 18.4 Å². The van der Waals surface area contributed by atoms with E-state index in [1.165, 1.54) is 0 Å². The molecule has 1 aliphatic heterocycles. The third-order valence-corrected chi connectivity index (χ3v) is 3.21. The minimum absolute atomic E-state index is 0.0717. The van der Waals surface area contributed by atoms with E-state index in [4.69, 9.17) is 4.74 Å². The number of hydrogen-bond donors (Lipinski definition) is 3. The SMILES string of the molecule is O=C(NCc1cnc[nH]1)C1NCCOc2ccccc21. The van der Waals surface area contributed by atoms with Gasteiger partial charge in [0.2, 0.25) is 5.91 Å². The average molecular weight is 272 g/mol. The minimum atomic E-state index is -0.392. The highest BCUT2D eigenvalue weighted by molar-refractivity contribution is 5.84. The quantitative estimate of drug-likeness (QED) is 0.770. The first-order valence-electron chi connectivity index (χ1n) is 6.54. The maximum Gasteiger partial charge on any atom is 0.242 e. The van der Waals surface area contributed by atoms with Crippen LogP contribution in [0.3, 0.4) is 0 Å². The van der Waals surface area contributed by atoms with Crippen LogP contribution in [-0.2, 0) is 11.3 Å². The first kappa shape index (κ1) is 12.7. The molecule has 0 saturated carbocycles. The van der Waals surface area contributed by atoms with Crippen molar-refractivity contribution in [1.29, 1.82) is 0 Å². The number of para-hydroxylation sites is 1. The van der Waals surface area contributed by atoms with Crippen molar-refractivity contribution < 1.29 is 9.53 Å². The molecule has 0 spiro atoms. The predicted molar refractivity (Wildman–Crippen MR) is 73.1 cm³/mol. The van der Waals surface area contributed by atoms with Gasteiger partial charge in [0.25, 0.3) is 0 Å². The summed E-state index contributed by atoms with van der Waals surface area (Å²) in [6, 6.07) is 7.22. The summed E-state index contributed by atoms with van der Waals surface area (Å²) in [6.07, 6.45) is 3.28. The van der Waals surface area contributed by atoms with Crippen molar-refractivity contribution in [3.8, 4) is 5.75 Å². The lowest BCUT2D eigenvalue weighted by atomic mass is 10.1. The maximum atomic E-state index is 12.3. The van der Waals surface area contributed by atoms with E-state index in [9.17, 15) is 4.79 Å². The Labute approximate surface area is 116 Å². The number of hydrogen-bond acceptors (Lipinski definition) is 4. The average Bonchev–Trinajstić information content (AvgIpc) is 2.90. The van der Waals surface area contributed by atoms with E-state index < -0.39 is 6.04 Å². The van der Waals surface area contributed by atoms with Crippen LogP contribution in [0, 0.1) is 0 Å². The van der Waals surface area contributed by atoms with Gasteiger partial charge in [-0.2, -0.15) is 0 Å². The van der Waals surface area contributed by atoms with Gasteiger partial charge in [-0.15, -0.1) is 0 Å². The molecular formula is C14H16N4O2. The number of aromatic nitrogens is 2. The molecule has 6 nitrogen and oxygen atoms in total. The molecule has 3 N–H and O–H groups in total. The predicted octanol–water partition coefficient (Wildman–Crippen LogP) is 0.749. The maximum absolute atomic E-state index is 12.3. The van der Waals surface area contributed by atoms with E-state index in [0.29, 0.717) is 19.7 Å². The van der Waals surface area contributed by atoms with E-state index in [-0.39, 0.29) is 5.91 Å². The van der Waals surface area contributed by atoms with Crippen LogP contribution in [0.4, 0.5) is 0 Å². The fraction of sp³-hybridized carbons (Fsp3) is 0.286. The van der Waals surface area contributed by atoms with E-state index in [2.05, 4.69) is 20.6 Å². The Hall–Kier alpha value is -2.34. The van der Waals surface area contributed by atoms with Crippen molar-refractivity contribution in [3.05, 3.63) is 48.0 Å². The largest absolute Gasteiger partial charge is 0.492 e. The second kappa shape index (κ2) is 5.75. The zero-order valence-corrected chi connectivity index (χ0v) is 10.9. The van der Waals surface area contributed by atoms with E-state index in [1.54, 1.807) is 12.5 Å². The van der Waals surface area contributed by atoms with Crippen molar-refractivity contribution in [1.82, 2.24) is 20.6 Å². The van der Waals surface area contributed by atoms with Gasteiger partial charge in [-0.25, -0.2) is 4.98 Å². The van der Waals surface area contributed by atoms with Crippen LogP contribution in [0.1, 0.15) is 17.3 Å². The van der Waals surface area contributed by atoms with Crippen LogP contribution in [0.5, 0.6) is 5.75 Å². The minimum Gasteiger partial charge on any atom is -0.492 e. The number of aromatic amines is 1. The van der Waals surface area contributed by atoms with Crippen LogP contribution in [0.2, 0.25) is 0 Å². The Kier molecular flexibility index (Phi) is 3.64. The monoisotopic (exact) mass is 272 g/mol. The molecule has 1 aromatic heterocycles. The lowest BCUT2D eigenvalue weighted by Gasteiger charge is -2.16. The number of H-pyrrole nitrogens is 1.